The van der Waals surface area contributed by atoms with Crippen molar-refractivity contribution in [3.63, 3.8) is 0 Å². The van der Waals surface area contributed by atoms with Crippen LogP contribution in [0.3, 0.4) is 0 Å². The van der Waals surface area contributed by atoms with E-state index < -0.39 is 0 Å². The third-order valence-corrected chi connectivity index (χ3v) is 2.92. The van der Waals surface area contributed by atoms with Crippen molar-refractivity contribution in [2.75, 3.05) is 11.9 Å². The highest BCUT2D eigenvalue weighted by atomic mass is 16.2. The van der Waals surface area contributed by atoms with Crippen molar-refractivity contribution >= 4 is 11.6 Å². The van der Waals surface area contributed by atoms with Gasteiger partial charge in [0.15, 0.2) is 0 Å². The predicted molar refractivity (Wildman–Crippen MR) is 75.7 cm³/mol. The van der Waals surface area contributed by atoms with Crippen molar-refractivity contribution in [1.82, 2.24) is 4.98 Å². The molecule has 4 nitrogen and oxygen atoms in total. The maximum Gasteiger partial charge on any atom is 0.258 e. The smallest absolute Gasteiger partial charge is 0.258 e. The summed E-state index contributed by atoms with van der Waals surface area (Å²) in [6.45, 7) is 3.98. The van der Waals surface area contributed by atoms with Crippen molar-refractivity contribution in [2.45, 2.75) is 13.8 Å². The van der Waals surface area contributed by atoms with Gasteiger partial charge in [0.2, 0.25) is 5.56 Å². The molecule has 2 rings (SSSR count). The van der Waals surface area contributed by atoms with Crippen LogP contribution in [0.4, 0.5) is 5.69 Å². The summed E-state index contributed by atoms with van der Waals surface area (Å²) in [5.41, 5.74) is 3.12. The van der Waals surface area contributed by atoms with Crippen molar-refractivity contribution in [1.29, 1.82) is 0 Å². The monoisotopic (exact) mass is 256 g/mol. The van der Waals surface area contributed by atoms with Crippen LogP contribution >= 0.6 is 0 Å². The molecule has 0 saturated carbocycles. The fourth-order valence-electron chi connectivity index (χ4n) is 2.03. The molecule has 0 bridgehead atoms. The number of anilines is 1. The molecule has 0 aliphatic carbocycles. The number of benzene rings is 1. The number of hydrogen-bond acceptors (Lipinski definition) is 2. The quantitative estimate of drug-likeness (QED) is 0.896. The van der Waals surface area contributed by atoms with Crippen LogP contribution < -0.4 is 10.5 Å². The summed E-state index contributed by atoms with van der Waals surface area (Å²) in [7, 11) is 1.71. The maximum atomic E-state index is 12.3. The molecular formula is C15H16N2O2. The van der Waals surface area contributed by atoms with Crippen LogP contribution in [0.1, 0.15) is 21.5 Å². The van der Waals surface area contributed by atoms with Gasteiger partial charge in [-0.25, -0.2) is 0 Å². The third-order valence-electron chi connectivity index (χ3n) is 2.92. The molecule has 2 aromatic rings. The van der Waals surface area contributed by atoms with E-state index in [0.717, 1.165) is 16.8 Å². The molecule has 0 aliphatic heterocycles. The number of aromatic nitrogens is 1. The normalized spacial score (nSPS) is 10.3. The molecule has 1 heterocycles. The van der Waals surface area contributed by atoms with Gasteiger partial charge in [0.1, 0.15) is 0 Å². The highest BCUT2D eigenvalue weighted by molar-refractivity contribution is 6.05. The van der Waals surface area contributed by atoms with E-state index in [-0.39, 0.29) is 11.5 Å². The molecule has 19 heavy (non-hydrogen) atoms. The zero-order chi connectivity index (χ0) is 14.0. The van der Waals surface area contributed by atoms with Crippen LogP contribution in [0.15, 0.2) is 41.3 Å². The first-order valence-electron chi connectivity index (χ1n) is 6.02. The Hall–Kier alpha value is -2.36. The summed E-state index contributed by atoms with van der Waals surface area (Å²) in [6.07, 6.45) is 1.48. The van der Waals surface area contributed by atoms with Gasteiger partial charge in [-0.3, -0.25) is 9.59 Å². The number of aryl methyl sites for hydroxylation is 2. The van der Waals surface area contributed by atoms with Gasteiger partial charge in [-0.05, 0) is 43.2 Å². The maximum absolute atomic E-state index is 12.3. The number of H-pyrrole nitrogens is 1. The molecule has 1 aromatic carbocycles. The van der Waals surface area contributed by atoms with E-state index in [9.17, 15) is 9.59 Å². The third kappa shape index (κ3) is 2.91. The molecule has 0 fully saturated rings. The lowest BCUT2D eigenvalue weighted by molar-refractivity contribution is 0.0993. The van der Waals surface area contributed by atoms with E-state index in [4.69, 9.17) is 0 Å². The Balaban J connectivity index is 2.36. The largest absolute Gasteiger partial charge is 0.329 e. The van der Waals surface area contributed by atoms with Crippen molar-refractivity contribution < 1.29 is 4.79 Å². The number of amides is 1. The van der Waals surface area contributed by atoms with E-state index >= 15 is 0 Å². The minimum absolute atomic E-state index is 0.198. The Labute approximate surface area is 111 Å². The summed E-state index contributed by atoms with van der Waals surface area (Å²) >= 11 is 0. The molecule has 0 saturated heterocycles. The minimum Gasteiger partial charge on any atom is -0.329 e. The Morgan fingerprint density at radius 1 is 1.11 bits per heavy atom. The average Bonchev–Trinajstić information content (AvgIpc) is 2.36. The number of aromatic amines is 1. The Bertz CT molecular complexity index is 654. The van der Waals surface area contributed by atoms with Gasteiger partial charge in [-0.2, -0.15) is 0 Å². The number of carbonyl (C=O) groups is 1. The highest BCUT2D eigenvalue weighted by Gasteiger charge is 2.14. The molecular weight excluding hydrogens is 240 g/mol. The van der Waals surface area contributed by atoms with Gasteiger partial charge in [0.05, 0.1) is 0 Å². The van der Waals surface area contributed by atoms with Crippen LogP contribution in [-0.4, -0.2) is 17.9 Å². The molecule has 4 heteroatoms. The second kappa shape index (κ2) is 5.10. The molecule has 0 atom stereocenters. The van der Waals surface area contributed by atoms with E-state index in [0.29, 0.717) is 5.56 Å². The topological polar surface area (TPSA) is 53.2 Å². The fourth-order valence-corrected chi connectivity index (χ4v) is 2.03. The van der Waals surface area contributed by atoms with E-state index in [1.54, 1.807) is 18.0 Å². The van der Waals surface area contributed by atoms with Gasteiger partial charge in [-0.15, -0.1) is 0 Å². The van der Waals surface area contributed by atoms with Crippen LogP contribution in [0.2, 0.25) is 0 Å². The van der Waals surface area contributed by atoms with E-state index in [2.05, 4.69) is 11.1 Å². The number of nitrogens with one attached hydrogen (secondary N) is 1. The zero-order valence-corrected chi connectivity index (χ0v) is 11.2. The summed E-state index contributed by atoms with van der Waals surface area (Å²) in [4.78, 5) is 27.6. The molecule has 0 radical (unpaired) electrons. The lowest BCUT2D eigenvalue weighted by Gasteiger charge is -2.18. The molecule has 0 spiro atoms. The lowest BCUT2D eigenvalue weighted by Crippen LogP contribution is -2.27. The van der Waals surface area contributed by atoms with Crippen molar-refractivity contribution in [3.05, 3.63) is 63.6 Å². The molecule has 0 aliphatic rings. The lowest BCUT2D eigenvalue weighted by atomic mass is 10.1. The second-order valence-electron chi connectivity index (χ2n) is 4.65. The minimum atomic E-state index is -0.278. The Kier molecular flexibility index (Phi) is 3.51. The first-order chi connectivity index (χ1) is 8.97. The first-order valence-corrected chi connectivity index (χ1v) is 6.02. The molecule has 1 amide bonds. The number of hydrogen-bond donors (Lipinski definition) is 1. The molecule has 1 N–H and O–H groups in total. The van der Waals surface area contributed by atoms with E-state index in [1.165, 1.54) is 12.3 Å². The Morgan fingerprint density at radius 3 is 2.32 bits per heavy atom. The van der Waals surface area contributed by atoms with Gasteiger partial charge in [0, 0.05) is 30.6 Å². The second-order valence-corrected chi connectivity index (χ2v) is 4.65. The van der Waals surface area contributed by atoms with Gasteiger partial charge >= 0.3 is 0 Å². The standard InChI is InChI=1S/C15H16N2O2/c1-10-6-11(2)8-13(7-10)17(3)15(19)12-4-5-16-14(18)9-12/h4-9H,1-3H3,(H,16,18). The molecule has 1 aromatic heterocycles. The summed E-state index contributed by atoms with van der Waals surface area (Å²) in [6, 6.07) is 8.84. The van der Waals surface area contributed by atoms with Crippen LogP contribution in [-0.2, 0) is 0 Å². The first kappa shape index (κ1) is 13.1. The molecule has 0 unspecified atom stereocenters. The van der Waals surface area contributed by atoms with Crippen molar-refractivity contribution in [2.24, 2.45) is 0 Å². The number of carbonyl (C=O) groups excluding carboxylic acids is 1. The van der Waals surface area contributed by atoms with Crippen LogP contribution in [0.25, 0.3) is 0 Å². The summed E-state index contributed by atoms with van der Waals surface area (Å²) < 4.78 is 0. The summed E-state index contributed by atoms with van der Waals surface area (Å²) in [5.74, 6) is -0.198. The number of pyridine rings is 1. The van der Waals surface area contributed by atoms with Crippen LogP contribution in [0.5, 0.6) is 0 Å². The zero-order valence-electron chi connectivity index (χ0n) is 11.2. The number of nitrogens with zero attached hydrogens (tertiary/aromatic N) is 1. The predicted octanol–water partition coefficient (Wildman–Crippen LogP) is 2.27. The van der Waals surface area contributed by atoms with Gasteiger partial charge in [-0.1, -0.05) is 6.07 Å². The van der Waals surface area contributed by atoms with E-state index in [1.807, 2.05) is 26.0 Å². The van der Waals surface area contributed by atoms with Crippen molar-refractivity contribution in [3.8, 4) is 0 Å². The van der Waals surface area contributed by atoms with Gasteiger partial charge < -0.3 is 9.88 Å². The number of rotatable bonds is 2. The fraction of sp³-hybridized carbons (Fsp3) is 0.200. The Morgan fingerprint density at radius 2 is 1.74 bits per heavy atom. The summed E-state index contributed by atoms with van der Waals surface area (Å²) in [5, 5.41) is 0. The van der Waals surface area contributed by atoms with Gasteiger partial charge in [0.25, 0.3) is 5.91 Å². The average molecular weight is 256 g/mol. The SMILES string of the molecule is Cc1cc(C)cc(N(C)C(=O)c2cc[nH]c(=O)c2)c1. The highest BCUT2D eigenvalue weighted by Crippen LogP contribution is 2.19. The van der Waals surface area contributed by atoms with Crippen LogP contribution in [0, 0.1) is 13.8 Å². The molecule has 98 valence electrons.